The van der Waals surface area contributed by atoms with Gasteiger partial charge in [-0.15, -0.1) is 0 Å². The van der Waals surface area contributed by atoms with Gasteiger partial charge in [0.1, 0.15) is 12.4 Å². The molecule has 1 unspecified atom stereocenters. The summed E-state index contributed by atoms with van der Waals surface area (Å²) in [6.45, 7) is 6.90. The van der Waals surface area contributed by atoms with E-state index in [9.17, 15) is 0 Å². The average Bonchev–Trinajstić information content (AvgIpc) is 2.56. The van der Waals surface area contributed by atoms with Gasteiger partial charge in [0.25, 0.3) is 0 Å². The summed E-state index contributed by atoms with van der Waals surface area (Å²) in [5.74, 6) is 0.964. The molecule has 1 fully saturated rings. The Bertz CT molecular complexity index is 585. The van der Waals surface area contributed by atoms with Crippen LogP contribution in [0.2, 0.25) is 0 Å². The minimum Gasteiger partial charge on any atom is -0.492 e. The largest absolute Gasteiger partial charge is 0.492 e. The molecule has 2 aromatic carbocycles. The molecule has 0 amide bonds. The van der Waals surface area contributed by atoms with Crippen LogP contribution in [-0.4, -0.2) is 37.7 Å². The molecule has 3 nitrogen and oxygen atoms in total. The second kappa shape index (κ2) is 7.43. The molecule has 3 rings (SSSR count). The summed E-state index contributed by atoms with van der Waals surface area (Å²) < 4.78 is 5.91. The fourth-order valence-electron chi connectivity index (χ4n) is 3.00. The van der Waals surface area contributed by atoms with E-state index >= 15 is 0 Å². The van der Waals surface area contributed by atoms with Crippen molar-refractivity contribution in [2.75, 3.05) is 32.8 Å². The van der Waals surface area contributed by atoms with E-state index in [1.54, 1.807) is 0 Å². The molecular formula is C19H24N2O. The third-order valence-electron chi connectivity index (χ3n) is 4.18. The van der Waals surface area contributed by atoms with Gasteiger partial charge < -0.3 is 10.1 Å². The molecule has 1 saturated heterocycles. The smallest absolute Gasteiger partial charge is 0.119 e. The summed E-state index contributed by atoms with van der Waals surface area (Å²) in [5, 5.41) is 3.50. The highest BCUT2D eigenvalue weighted by Crippen LogP contribution is 2.21. The minimum absolute atomic E-state index is 0.441. The number of hydrogen-bond donors (Lipinski definition) is 1. The maximum Gasteiger partial charge on any atom is 0.119 e. The Hall–Kier alpha value is -1.84. The zero-order valence-electron chi connectivity index (χ0n) is 13.2. The van der Waals surface area contributed by atoms with Crippen LogP contribution in [0, 0.1) is 6.92 Å². The molecule has 0 spiro atoms. The Labute approximate surface area is 132 Å². The van der Waals surface area contributed by atoms with Gasteiger partial charge in [-0.1, -0.05) is 42.5 Å². The van der Waals surface area contributed by atoms with Gasteiger partial charge in [0.2, 0.25) is 0 Å². The van der Waals surface area contributed by atoms with E-state index in [-0.39, 0.29) is 0 Å². The molecular weight excluding hydrogens is 272 g/mol. The van der Waals surface area contributed by atoms with E-state index < -0.39 is 0 Å². The van der Waals surface area contributed by atoms with Gasteiger partial charge in [-0.25, -0.2) is 0 Å². The van der Waals surface area contributed by atoms with Crippen molar-refractivity contribution < 1.29 is 4.74 Å². The molecule has 2 aromatic rings. The molecule has 0 aliphatic carbocycles. The summed E-state index contributed by atoms with van der Waals surface area (Å²) in [6, 6.07) is 19.4. The predicted molar refractivity (Wildman–Crippen MR) is 90.3 cm³/mol. The Morgan fingerprint density at radius 2 is 2.00 bits per heavy atom. The minimum atomic E-state index is 0.441. The normalized spacial score (nSPS) is 19.0. The highest BCUT2D eigenvalue weighted by molar-refractivity contribution is 5.27. The first-order valence-electron chi connectivity index (χ1n) is 8.02. The molecule has 116 valence electrons. The third-order valence-corrected chi connectivity index (χ3v) is 4.18. The van der Waals surface area contributed by atoms with Crippen molar-refractivity contribution in [3.63, 3.8) is 0 Å². The zero-order valence-corrected chi connectivity index (χ0v) is 13.2. The quantitative estimate of drug-likeness (QED) is 0.918. The standard InChI is InChI=1S/C19H24N2O/c1-16-6-5-9-18(14-16)22-13-12-21-11-10-20-15-19(21)17-7-3-2-4-8-17/h2-9,14,19-20H,10-13,15H2,1H3. The second-order valence-electron chi connectivity index (χ2n) is 5.83. The summed E-state index contributed by atoms with van der Waals surface area (Å²) in [5.41, 5.74) is 2.62. The van der Waals surface area contributed by atoms with E-state index in [2.05, 4.69) is 59.6 Å². The lowest BCUT2D eigenvalue weighted by Crippen LogP contribution is -2.47. The number of ether oxygens (including phenoxy) is 1. The summed E-state index contributed by atoms with van der Waals surface area (Å²) >= 11 is 0. The van der Waals surface area contributed by atoms with E-state index in [4.69, 9.17) is 4.74 Å². The molecule has 0 bridgehead atoms. The lowest BCUT2D eigenvalue weighted by Gasteiger charge is -2.36. The van der Waals surface area contributed by atoms with Crippen LogP contribution >= 0.6 is 0 Å². The number of benzene rings is 2. The Kier molecular flexibility index (Phi) is 5.09. The monoisotopic (exact) mass is 296 g/mol. The molecule has 0 radical (unpaired) electrons. The lowest BCUT2D eigenvalue weighted by molar-refractivity contribution is 0.134. The highest BCUT2D eigenvalue weighted by atomic mass is 16.5. The fourth-order valence-corrected chi connectivity index (χ4v) is 3.00. The molecule has 1 N–H and O–H groups in total. The summed E-state index contributed by atoms with van der Waals surface area (Å²) in [7, 11) is 0. The van der Waals surface area contributed by atoms with Crippen molar-refractivity contribution in [1.29, 1.82) is 0 Å². The van der Waals surface area contributed by atoms with Crippen molar-refractivity contribution in [2.24, 2.45) is 0 Å². The molecule has 1 atom stereocenters. The van der Waals surface area contributed by atoms with E-state index in [1.165, 1.54) is 11.1 Å². The van der Waals surface area contributed by atoms with Gasteiger partial charge in [-0.2, -0.15) is 0 Å². The number of piperazine rings is 1. The average molecular weight is 296 g/mol. The molecule has 0 aromatic heterocycles. The number of aryl methyl sites for hydroxylation is 1. The molecule has 1 aliphatic rings. The van der Waals surface area contributed by atoms with Gasteiger partial charge in [0.15, 0.2) is 0 Å². The van der Waals surface area contributed by atoms with Gasteiger partial charge in [0, 0.05) is 32.2 Å². The molecule has 1 aliphatic heterocycles. The highest BCUT2D eigenvalue weighted by Gasteiger charge is 2.23. The van der Waals surface area contributed by atoms with Crippen LogP contribution in [0.5, 0.6) is 5.75 Å². The molecule has 3 heteroatoms. The first kappa shape index (κ1) is 15.1. The lowest BCUT2D eigenvalue weighted by atomic mass is 10.0. The van der Waals surface area contributed by atoms with Gasteiger partial charge in [-0.05, 0) is 30.2 Å². The van der Waals surface area contributed by atoms with Gasteiger partial charge >= 0.3 is 0 Å². The first-order valence-corrected chi connectivity index (χ1v) is 8.02. The van der Waals surface area contributed by atoms with Crippen LogP contribution < -0.4 is 10.1 Å². The Morgan fingerprint density at radius 1 is 1.14 bits per heavy atom. The van der Waals surface area contributed by atoms with Crippen molar-refractivity contribution in [2.45, 2.75) is 13.0 Å². The van der Waals surface area contributed by atoms with Crippen molar-refractivity contribution >= 4 is 0 Å². The van der Waals surface area contributed by atoms with E-state index in [1.807, 2.05) is 12.1 Å². The Morgan fingerprint density at radius 3 is 2.82 bits per heavy atom. The maximum absolute atomic E-state index is 5.91. The van der Waals surface area contributed by atoms with Gasteiger partial charge in [0.05, 0.1) is 0 Å². The molecule has 0 saturated carbocycles. The number of rotatable bonds is 5. The third kappa shape index (κ3) is 3.87. The van der Waals surface area contributed by atoms with Crippen LogP contribution in [0.3, 0.4) is 0 Å². The van der Waals surface area contributed by atoms with Gasteiger partial charge in [-0.3, -0.25) is 4.90 Å². The van der Waals surface area contributed by atoms with Crippen LogP contribution in [0.15, 0.2) is 54.6 Å². The van der Waals surface area contributed by atoms with E-state index in [0.29, 0.717) is 6.04 Å². The topological polar surface area (TPSA) is 24.5 Å². The van der Waals surface area contributed by atoms with E-state index in [0.717, 1.165) is 38.5 Å². The number of hydrogen-bond acceptors (Lipinski definition) is 3. The molecule has 1 heterocycles. The number of nitrogens with zero attached hydrogens (tertiary/aromatic N) is 1. The van der Waals surface area contributed by atoms with Crippen LogP contribution in [0.1, 0.15) is 17.2 Å². The summed E-state index contributed by atoms with van der Waals surface area (Å²) in [6.07, 6.45) is 0. The van der Waals surface area contributed by atoms with Crippen LogP contribution in [0.4, 0.5) is 0 Å². The van der Waals surface area contributed by atoms with Crippen LogP contribution in [0.25, 0.3) is 0 Å². The molecule has 22 heavy (non-hydrogen) atoms. The number of nitrogens with one attached hydrogen (secondary N) is 1. The SMILES string of the molecule is Cc1cccc(OCCN2CCNCC2c2ccccc2)c1. The fraction of sp³-hybridized carbons (Fsp3) is 0.368. The van der Waals surface area contributed by atoms with Crippen molar-refractivity contribution in [3.8, 4) is 5.75 Å². The predicted octanol–water partition coefficient (Wildman–Crippen LogP) is 3.02. The summed E-state index contributed by atoms with van der Waals surface area (Å²) in [4.78, 5) is 2.52. The van der Waals surface area contributed by atoms with Crippen LogP contribution in [-0.2, 0) is 0 Å². The Balaban J connectivity index is 1.58. The first-order chi connectivity index (χ1) is 10.8. The van der Waals surface area contributed by atoms with Crippen molar-refractivity contribution in [1.82, 2.24) is 10.2 Å². The maximum atomic E-state index is 5.91. The second-order valence-corrected chi connectivity index (χ2v) is 5.83. The zero-order chi connectivity index (χ0) is 15.2. The van der Waals surface area contributed by atoms with Crippen molar-refractivity contribution in [3.05, 3.63) is 65.7 Å².